The minimum Gasteiger partial charge on any atom is -0.409 e. The molecule has 1 saturated carbocycles. The van der Waals surface area contributed by atoms with E-state index in [0.29, 0.717) is 10.2 Å². The maximum Gasteiger partial charge on any atom is 0.344 e. The molecule has 104 valence electrons. The van der Waals surface area contributed by atoms with Crippen molar-refractivity contribution in [3.05, 3.63) is 28.6 Å². The number of nitrogens with zero attached hydrogens (tertiary/aromatic N) is 5. The lowest BCUT2D eigenvalue weighted by Crippen LogP contribution is -2.16. The largest absolute Gasteiger partial charge is 0.409 e. The van der Waals surface area contributed by atoms with Crippen molar-refractivity contribution in [1.82, 2.24) is 24.7 Å². The van der Waals surface area contributed by atoms with Gasteiger partial charge in [0.15, 0.2) is 11.0 Å². The van der Waals surface area contributed by atoms with Crippen molar-refractivity contribution >= 4 is 17.6 Å². The van der Waals surface area contributed by atoms with Crippen LogP contribution in [0, 0.1) is 0 Å². The summed E-state index contributed by atoms with van der Waals surface area (Å²) in [6.45, 7) is 0. The van der Waals surface area contributed by atoms with Gasteiger partial charge in [0.05, 0.1) is 12.4 Å². The minimum absolute atomic E-state index is 0.108. The van der Waals surface area contributed by atoms with Crippen molar-refractivity contribution < 1.29 is 5.21 Å². The van der Waals surface area contributed by atoms with E-state index in [-0.39, 0.29) is 23.3 Å². The van der Waals surface area contributed by atoms with Crippen molar-refractivity contribution in [2.45, 2.75) is 29.1 Å². The predicted molar refractivity (Wildman–Crippen MR) is 69.8 cm³/mol. The van der Waals surface area contributed by atoms with Crippen LogP contribution in [0.15, 0.2) is 32.5 Å². The van der Waals surface area contributed by atoms with Crippen molar-refractivity contribution in [3.8, 4) is 0 Å². The molecule has 0 amide bonds. The Bertz CT molecular complexity index is 701. The molecule has 10 heteroatoms. The number of amidine groups is 1. The van der Waals surface area contributed by atoms with Gasteiger partial charge in [-0.1, -0.05) is 5.16 Å². The first-order chi connectivity index (χ1) is 9.69. The summed E-state index contributed by atoms with van der Waals surface area (Å²) in [4.78, 5) is 19.8. The summed E-state index contributed by atoms with van der Waals surface area (Å²) < 4.78 is 1.63. The van der Waals surface area contributed by atoms with Crippen LogP contribution in [-0.2, 0) is 0 Å². The van der Waals surface area contributed by atoms with Crippen LogP contribution < -0.4 is 11.4 Å². The zero-order valence-electron chi connectivity index (χ0n) is 10.2. The highest BCUT2D eigenvalue weighted by molar-refractivity contribution is 7.99. The van der Waals surface area contributed by atoms with Crippen molar-refractivity contribution in [3.63, 3.8) is 0 Å². The van der Waals surface area contributed by atoms with Gasteiger partial charge in [0.2, 0.25) is 0 Å². The number of H-pyrrole nitrogens is 1. The molecule has 0 saturated heterocycles. The zero-order chi connectivity index (χ0) is 14.1. The van der Waals surface area contributed by atoms with Gasteiger partial charge in [-0.2, -0.15) is 0 Å². The van der Waals surface area contributed by atoms with Gasteiger partial charge in [-0.25, -0.2) is 19.9 Å². The molecule has 2 aromatic heterocycles. The molecule has 0 aliphatic heterocycles. The van der Waals surface area contributed by atoms with Gasteiger partial charge in [-0.15, -0.1) is 5.10 Å². The van der Waals surface area contributed by atoms with E-state index in [0.717, 1.165) is 12.8 Å². The number of nitrogens with two attached hydrogens (primary N) is 1. The Hall–Kier alpha value is -2.36. The van der Waals surface area contributed by atoms with Crippen molar-refractivity contribution in [1.29, 1.82) is 0 Å². The maximum atomic E-state index is 11.6. The van der Waals surface area contributed by atoms with Crippen LogP contribution >= 0.6 is 11.8 Å². The molecular formula is C10H11N7O2S. The number of aromatic amines is 1. The summed E-state index contributed by atoms with van der Waals surface area (Å²) in [6.07, 6.45) is 4.85. The van der Waals surface area contributed by atoms with Gasteiger partial charge >= 0.3 is 5.69 Å². The average molecular weight is 293 g/mol. The SMILES string of the molecule is NC(=NO)c1cnc(Sc2n[nH]c(=O)n2C2CC2)cn1. The molecule has 0 unspecified atom stereocenters. The van der Waals surface area contributed by atoms with Gasteiger partial charge in [-0.05, 0) is 24.6 Å². The van der Waals surface area contributed by atoms with E-state index in [1.165, 1.54) is 24.2 Å². The lowest BCUT2D eigenvalue weighted by molar-refractivity contribution is 0.318. The molecule has 20 heavy (non-hydrogen) atoms. The van der Waals surface area contributed by atoms with E-state index in [9.17, 15) is 4.79 Å². The third kappa shape index (κ3) is 2.37. The summed E-state index contributed by atoms with van der Waals surface area (Å²) in [7, 11) is 0. The first kappa shape index (κ1) is 12.7. The fourth-order valence-electron chi connectivity index (χ4n) is 1.66. The third-order valence-electron chi connectivity index (χ3n) is 2.78. The molecule has 1 fully saturated rings. The molecule has 4 N–H and O–H groups in total. The first-order valence-electron chi connectivity index (χ1n) is 5.83. The van der Waals surface area contributed by atoms with E-state index >= 15 is 0 Å². The van der Waals surface area contributed by atoms with E-state index in [2.05, 4.69) is 25.3 Å². The highest BCUT2D eigenvalue weighted by Gasteiger charge is 2.28. The van der Waals surface area contributed by atoms with E-state index in [1.807, 2.05) is 0 Å². The lowest BCUT2D eigenvalue weighted by Gasteiger charge is -2.03. The molecule has 0 bridgehead atoms. The highest BCUT2D eigenvalue weighted by atomic mass is 32.2. The number of hydrogen-bond donors (Lipinski definition) is 3. The second-order valence-corrected chi connectivity index (χ2v) is 5.23. The second-order valence-electron chi connectivity index (χ2n) is 4.24. The minimum atomic E-state index is -0.212. The van der Waals surface area contributed by atoms with E-state index in [4.69, 9.17) is 10.9 Å². The Morgan fingerprint density at radius 3 is 2.90 bits per heavy atom. The summed E-state index contributed by atoms with van der Waals surface area (Å²) in [6, 6.07) is 0.230. The molecule has 9 nitrogen and oxygen atoms in total. The van der Waals surface area contributed by atoms with Gasteiger partial charge in [-0.3, -0.25) is 4.57 Å². The number of nitrogens with one attached hydrogen (secondary N) is 1. The molecule has 3 rings (SSSR count). The van der Waals surface area contributed by atoms with Crippen molar-refractivity contribution in [2.24, 2.45) is 10.9 Å². The van der Waals surface area contributed by atoms with Crippen LogP contribution in [0.4, 0.5) is 0 Å². The Balaban J connectivity index is 1.83. The van der Waals surface area contributed by atoms with Gasteiger partial charge in [0.1, 0.15) is 10.7 Å². The summed E-state index contributed by atoms with van der Waals surface area (Å²) >= 11 is 1.24. The number of oxime groups is 1. The normalized spacial score (nSPS) is 15.5. The third-order valence-corrected chi connectivity index (χ3v) is 3.67. The lowest BCUT2D eigenvalue weighted by atomic mass is 10.4. The Kier molecular flexibility index (Phi) is 3.14. The quantitative estimate of drug-likeness (QED) is 0.311. The number of aromatic nitrogens is 5. The molecule has 0 atom stereocenters. The van der Waals surface area contributed by atoms with E-state index < -0.39 is 0 Å². The monoisotopic (exact) mass is 293 g/mol. The van der Waals surface area contributed by atoms with Crippen LogP contribution in [0.3, 0.4) is 0 Å². The molecule has 1 aliphatic rings. The topological polar surface area (TPSA) is 135 Å². The summed E-state index contributed by atoms with van der Waals surface area (Å²) in [5.41, 5.74) is 5.46. The molecule has 2 heterocycles. The Morgan fingerprint density at radius 1 is 1.50 bits per heavy atom. The zero-order valence-corrected chi connectivity index (χ0v) is 11.0. The van der Waals surface area contributed by atoms with Crippen LogP contribution in [0.25, 0.3) is 0 Å². The molecule has 0 radical (unpaired) electrons. The van der Waals surface area contributed by atoms with Crippen molar-refractivity contribution in [2.75, 3.05) is 0 Å². The van der Waals surface area contributed by atoms with Gasteiger partial charge in [0, 0.05) is 6.04 Å². The fourth-order valence-corrected chi connectivity index (χ4v) is 2.48. The molecule has 1 aliphatic carbocycles. The predicted octanol–water partition coefficient (Wildman–Crippen LogP) is -0.0580. The highest BCUT2D eigenvalue weighted by Crippen LogP contribution is 2.37. The second kappa shape index (κ2) is 4.96. The maximum absolute atomic E-state index is 11.6. The summed E-state index contributed by atoms with van der Waals surface area (Å²) in [5, 5.41) is 18.9. The Morgan fingerprint density at radius 2 is 2.30 bits per heavy atom. The molecule has 0 aromatic carbocycles. The van der Waals surface area contributed by atoms with Crippen LogP contribution in [0.5, 0.6) is 0 Å². The smallest absolute Gasteiger partial charge is 0.344 e. The van der Waals surface area contributed by atoms with Crippen LogP contribution in [-0.4, -0.2) is 35.8 Å². The fraction of sp³-hybridized carbons (Fsp3) is 0.300. The first-order valence-corrected chi connectivity index (χ1v) is 6.65. The van der Waals surface area contributed by atoms with Gasteiger partial charge in [0.25, 0.3) is 0 Å². The Labute approximate surface area is 116 Å². The van der Waals surface area contributed by atoms with Gasteiger partial charge < -0.3 is 10.9 Å². The van der Waals surface area contributed by atoms with E-state index in [1.54, 1.807) is 4.57 Å². The van der Waals surface area contributed by atoms with Crippen LogP contribution in [0.1, 0.15) is 24.6 Å². The molecule has 0 spiro atoms. The van der Waals surface area contributed by atoms with Crippen LogP contribution in [0.2, 0.25) is 0 Å². The molecular weight excluding hydrogens is 282 g/mol. The molecule has 2 aromatic rings. The average Bonchev–Trinajstić information content (AvgIpc) is 3.24. The number of rotatable bonds is 4. The standard InChI is InChI=1S/C10H11N7O2S/c11-8(16-19)6-3-13-7(4-12-6)20-10-15-14-9(18)17(10)5-1-2-5/h3-5,19H,1-2H2,(H2,11,16)(H,14,18). The summed E-state index contributed by atoms with van der Waals surface area (Å²) in [5.74, 6) is -0.108. The number of hydrogen-bond acceptors (Lipinski definition) is 7.